The van der Waals surface area contributed by atoms with Gasteiger partial charge in [-0.2, -0.15) is 4.58 Å². The van der Waals surface area contributed by atoms with Crippen molar-refractivity contribution in [1.82, 2.24) is 21.3 Å². The Kier molecular flexibility index (Phi) is 13.4. The molecule has 2 aromatic carbocycles. The fourth-order valence-electron chi connectivity index (χ4n) is 10.3. The first-order chi connectivity index (χ1) is 30.1. The summed E-state index contributed by atoms with van der Waals surface area (Å²) in [4.78, 5) is 30.6. The Hall–Kier alpha value is -5.67. The molecule has 1 unspecified atom stereocenters. The molecule has 1 spiro atoms. The topological polar surface area (TPSA) is 207 Å². The molecule has 0 bridgehead atoms. The van der Waals surface area contributed by atoms with Gasteiger partial charge >= 0.3 is 18.0 Å². The average molecular weight is 866 g/mol. The van der Waals surface area contributed by atoms with Gasteiger partial charge in [0.15, 0.2) is 11.8 Å². The largest absolute Gasteiger partial charge is 0.446 e. The number of nitrogens with zero attached hydrogens (tertiary/aromatic N) is 3. The Bertz CT molecular complexity index is 2240. The third-order valence-corrected chi connectivity index (χ3v) is 13.7. The molecule has 0 aliphatic carbocycles. The van der Waals surface area contributed by atoms with Crippen molar-refractivity contribution in [2.75, 3.05) is 44.7 Å². The van der Waals surface area contributed by atoms with E-state index < -0.39 is 29.6 Å². The van der Waals surface area contributed by atoms with Crippen LogP contribution in [0.15, 0.2) is 84.6 Å². The van der Waals surface area contributed by atoms with Crippen molar-refractivity contribution in [3.8, 4) is 0 Å². The number of benzene rings is 2. The zero-order valence-corrected chi connectivity index (χ0v) is 37.7. The van der Waals surface area contributed by atoms with Crippen LogP contribution in [0, 0.1) is 0 Å². The van der Waals surface area contributed by atoms with Crippen LogP contribution in [-0.4, -0.2) is 112 Å². The van der Waals surface area contributed by atoms with E-state index in [2.05, 4.69) is 149 Å². The molecule has 7 rings (SSSR count). The Morgan fingerprint density at radius 2 is 1.60 bits per heavy atom. The number of carbonyl (C=O) groups is 2. The molecule has 2 amide bonds. The lowest BCUT2D eigenvalue weighted by molar-refractivity contribution is -0.674. The maximum absolute atomic E-state index is 12.6. The van der Waals surface area contributed by atoms with Gasteiger partial charge in [-0.15, -0.1) is 0 Å². The highest BCUT2D eigenvalue weighted by Crippen LogP contribution is 2.48. The van der Waals surface area contributed by atoms with Gasteiger partial charge in [-0.25, -0.2) is 14.7 Å². The number of rotatable bonds is 18. The van der Waals surface area contributed by atoms with E-state index in [4.69, 9.17) is 16.2 Å². The fourth-order valence-corrected chi connectivity index (χ4v) is 10.3. The molecule has 15 nitrogen and oxygen atoms in total. The van der Waals surface area contributed by atoms with E-state index in [0.29, 0.717) is 26.1 Å². The highest BCUT2D eigenvalue weighted by Gasteiger charge is 2.74. The molecule has 1 fully saturated rings. The molecule has 3 atom stereocenters. The SMILES string of the molecule is C[N+]1=C(/C=C/C=C/C=C2/N(CCCCCC(=O)NCCCCCCNC(=O)OCC3NC(N)=[N+]4CCC(O)(O)[C@@]45NC(N)=[NH+][C@@H]35)c3ccccc3C2(C)C)C(C)(C)c2ccccc21. The number of allylic oxidation sites excluding steroid dienone is 6. The molecule has 5 heterocycles. The zero-order valence-electron chi connectivity index (χ0n) is 37.7. The predicted octanol–water partition coefficient (Wildman–Crippen LogP) is 1.90. The van der Waals surface area contributed by atoms with Gasteiger partial charge in [-0.3, -0.25) is 26.6 Å². The molecule has 0 saturated carbocycles. The number of guanidine groups is 2. The monoisotopic (exact) mass is 866 g/mol. The Morgan fingerprint density at radius 3 is 2.37 bits per heavy atom. The maximum atomic E-state index is 12.6. The number of amides is 2. The molecular formula is C48H69N10O5+3. The first-order valence-corrected chi connectivity index (χ1v) is 22.7. The maximum Gasteiger partial charge on any atom is 0.407 e. The van der Waals surface area contributed by atoms with Crippen molar-refractivity contribution in [2.45, 2.75) is 120 Å². The lowest BCUT2D eigenvalue weighted by Gasteiger charge is -2.40. The lowest BCUT2D eigenvalue weighted by atomic mass is 9.81. The number of alkyl carbamates (subject to hydrolysis) is 1. The van der Waals surface area contributed by atoms with Crippen LogP contribution in [0.5, 0.6) is 0 Å². The summed E-state index contributed by atoms with van der Waals surface area (Å²) in [7, 11) is 2.15. The van der Waals surface area contributed by atoms with Crippen molar-refractivity contribution in [3.63, 3.8) is 0 Å². The molecule has 5 aliphatic rings. The van der Waals surface area contributed by atoms with Crippen LogP contribution in [-0.2, 0) is 20.4 Å². The van der Waals surface area contributed by atoms with Crippen LogP contribution < -0.4 is 42.6 Å². The van der Waals surface area contributed by atoms with E-state index in [9.17, 15) is 19.8 Å². The van der Waals surface area contributed by atoms with Gasteiger partial charge in [0.1, 0.15) is 19.7 Å². The predicted molar refractivity (Wildman–Crippen MR) is 246 cm³/mol. The summed E-state index contributed by atoms with van der Waals surface area (Å²) in [6.45, 7) is 11.4. The van der Waals surface area contributed by atoms with Crippen LogP contribution in [0.4, 0.5) is 16.2 Å². The number of fused-ring (bicyclic) bond motifs is 2. The number of carbonyl (C=O) groups excluding carboxylic acids is 2. The minimum Gasteiger partial charge on any atom is -0.446 e. The van der Waals surface area contributed by atoms with Crippen molar-refractivity contribution in [2.24, 2.45) is 11.5 Å². The second-order valence-corrected chi connectivity index (χ2v) is 18.6. The van der Waals surface area contributed by atoms with Gasteiger partial charge in [0, 0.05) is 67.0 Å². The van der Waals surface area contributed by atoms with E-state index in [1.165, 1.54) is 33.9 Å². The van der Waals surface area contributed by atoms with Crippen LogP contribution >= 0.6 is 0 Å². The highest BCUT2D eigenvalue weighted by atomic mass is 16.5. The van der Waals surface area contributed by atoms with Gasteiger partial charge < -0.3 is 30.5 Å². The number of ether oxygens (including phenoxy) is 1. The molecule has 338 valence electrons. The minimum absolute atomic E-state index is 0.0565. The quantitative estimate of drug-likeness (QED) is 0.0461. The van der Waals surface area contributed by atoms with Gasteiger partial charge in [0.2, 0.25) is 17.4 Å². The van der Waals surface area contributed by atoms with Gasteiger partial charge in [-0.05, 0) is 57.2 Å². The number of hydrogen-bond acceptors (Lipinski definition) is 10. The van der Waals surface area contributed by atoms with Crippen LogP contribution in [0.2, 0.25) is 0 Å². The Morgan fingerprint density at radius 1 is 0.905 bits per heavy atom. The van der Waals surface area contributed by atoms with Crippen LogP contribution in [0.3, 0.4) is 0 Å². The minimum atomic E-state index is -2.11. The number of aliphatic hydroxyl groups is 2. The summed E-state index contributed by atoms with van der Waals surface area (Å²) in [5.74, 6) is -1.59. The van der Waals surface area contributed by atoms with Gasteiger partial charge in [0.05, 0.1) is 12.0 Å². The van der Waals surface area contributed by atoms with E-state index >= 15 is 0 Å². The molecule has 1 saturated heterocycles. The van der Waals surface area contributed by atoms with Gasteiger partial charge in [0.25, 0.3) is 5.66 Å². The zero-order chi connectivity index (χ0) is 45.0. The first kappa shape index (κ1) is 45.4. The Labute approximate surface area is 371 Å². The van der Waals surface area contributed by atoms with Crippen molar-refractivity contribution in [1.29, 1.82) is 0 Å². The normalized spacial score (nSPS) is 24.3. The third-order valence-electron chi connectivity index (χ3n) is 13.7. The highest BCUT2D eigenvalue weighted by molar-refractivity contribution is 6.03. The number of nitrogens with two attached hydrogens (primary N) is 2. The van der Waals surface area contributed by atoms with Crippen LogP contribution in [0.25, 0.3) is 0 Å². The average Bonchev–Trinajstić information content (AvgIpc) is 3.88. The molecule has 0 radical (unpaired) electrons. The lowest BCUT2D eigenvalue weighted by Crippen LogP contribution is -2.91. The number of hydrogen-bond donors (Lipinski definition) is 9. The third kappa shape index (κ3) is 8.95. The molecule has 0 aromatic heterocycles. The molecule has 63 heavy (non-hydrogen) atoms. The van der Waals surface area contributed by atoms with Gasteiger partial charge in [-0.1, -0.05) is 87.7 Å². The van der Waals surface area contributed by atoms with E-state index in [1.807, 2.05) is 0 Å². The second-order valence-electron chi connectivity index (χ2n) is 18.6. The first-order valence-electron chi connectivity index (χ1n) is 22.7. The molecule has 15 heteroatoms. The van der Waals surface area contributed by atoms with Crippen molar-refractivity contribution in [3.05, 3.63) is 95.7 Å². The van der Waals surface area contributed by atoms with E-state index in [-0.39, 0.29) is 41.7 Å². The molecule has 11 N–H and O–H groups in total. The van der Waals surface area contributed by atoms with Crippen LogP contribution in [0.1, 0.15) is 96.6 Å². The standard InChI is InChI=1S/C48H66N10O5/c1-45(2)33-20-13-15-22-36(33)56(5)38(45)24-10-8-11-25-39-46(3,4)34-21-14-16-23-37(34)57(39)30-19-9-12-26-40(59)51-28-17-6-7-18-29-52-44(60)63-32-35-41-48(55-42(49)54-41)47(61,62)27-31-58(48)43(50)53-35/h8,10-11,13-16,20-25,35,41,61-62H,6-7,9,12,17-19,26-32H2,1-5H3,(H6-,49,50,51,52,53,54,55,59,60)/p+3/t35?,41-,48-/m0/s1. The number of para-hydroxylation sites is 2. The summed E-state index contributed by atoms with van der Waals surface area (Å²) in [6, 6.07) is 16.1. The van der Waals surface area contributed by atoms with Crippen molar-refractivity contribution < 1.29 is 38.7 Å². The van der Waals surface area contributed by atoms with E-state index in [1.54, 1.807) is 4.58 Å². The smallest absolute Gasteiger partial charge is 0.407 e. The molecule has 2 aromatic rings. The summed E-state index contributed by atoms with van der Waals surface area (Å²) in [6.07, 6.45) is 17.2. The second kappa shape index (κ2) is 18.6. The summed E-state index contributed by atoms with van der Waals surface area (Å²) < 4.78 is 9.41. The summed E-state index contributed by atoms with van der Waals surface area (Å²) in [5, 5.41) is 33.6. The fraction of sp³-hybridized carbons (Fsp3) is 0.521. The summed E-state index contributed by atoms with van der Waals surface area (Å²) in [5.41, 5.74) is 18.4. The number of anilines is 1. The van der Waals surface area contributed by atoms with E-state index in [0.717, 1.165) is 51.5 Å². The number of unbranched alkanes of at least 4 members (excludes halogenated alkanes) is 5. The summed E-state index contributed by atoms with van der Waals surface area (Å²) >= 11 is 0. The molecular weight excluding hydrogens is 797 g/mol. The Balaban J connectivity index is 0.769. The number of nitrogens with one attached hydrogen (secondary N) is 5. The molecule has 5 aliphatic heterocycles. The van der Waals surface area contributed by atoms with Crippen molar-refractivity contribution >= 4 is 41.0 Å².